The van der Waals surface area contributed by atoms with Gasteiger partial charge in [-0.3, -0.25) is 9.88 Å². The Morgan fingerprint density at radius 2 is 1.64 bits per heavy atom. The number of nitrogens with zero attached hydrogens (tertiary/aromatic N) is 6. The quantitative estimate of drug-likeness (QED) is 0.363. The minimum atomic E-state index is -0.316. The molecule has 1 atom stereocenters. The van der Waals surface area contributed by atoms with Crippen LogP contribution in [0.2, 0.25) is 0 Å². The zero-order chi connectivity index (χ0) is 26.9. The van der Waals surface area contributed by atoms with Crippen LogP contribution in [0.3, 0.4) is 0 Å². The van der Waals surface area contributed by atoms with Gasteiger partial charge in [-0.2, -0.15) is 0 Å². The summed E-state index contributed by atoms with van der Waals surface area (Å²) < 4.78 is 8.74. The lowest BCUT2D eigenvalue weighted by Gasteiger charge is -2.35. The van der Waals surface area contributed by atoms with Gasteiger partial charge < -0.3 is 10.5 Å². The van der Waals surface area contributed by atoms with Gasteiger partial charge in [-0.15, -0.1) is 5.10 Å². The Morgan fingerprint density at radius 1 is 0.949 bits per heavy atom. The van der Waals surface area contributed by atoms with E-state index in [0.717, 1.165) is 41.2 Å². The van der Waals surface area contributed by atoms with Gasteiger partial charge in [0.1, 0.15) is 0 Å². The first-order valence-corrected chi connectivity index (χ1v) is 13.1. The Morgan fingerprint density at radius 3 is 2.36 bits per heavy atom. The number of hydrogen-bond acceptors (Lipinski definition) is 7. The van der Waals surface area contributed by atoms with Crippen molar-refractivity contribution in [3.8, 4) is 22.4 Å². The van der Waals surface area contributed by atoms with E-state index in [4.69, 9.17) is 20.6 Å². The van der Waals surface area contributed by atoms with E-state index < -0.39 is 0 Å². The number of anilines is 1. The number of pyridine rings is 1. The van der Waals surface area contributed by atoms with Crippen LogP contribution in [-0.4, -0.2) is 54.8 Å². The molecule has 0 saturated carbocycles. The minimum absolute atomic E-state index is 0.0155. The highest BCUT2D eigenvalue weighted by atomic mass is 16.5. The maximum Gasteiger partial charge on any atom is 0.353 e. The third-order valence-corrected chi connectivity index (χ3v) is 7.13. The summed E-state index contributed by atoms with van der Waals surface area (Å²) in [5.74, 6) is 0.104. The summed E-state index contributed by atoms with van der Waals surface area (Å²) in [5, 5.41) is 4.88. The van der Waals surface area contributed by atoms with Crippen molar-refractivity contribution in [3.05, 3.63) is 100 Å². The number of nitrogens with two attached hydrogens (primary N) is 1. The van der Waals surface area contributed by atoms with Crippen LogP contribution in [-0.2, 0) is 17.8 Å². The molecule has 39 heavy (non-hydrogen) atoms. The molecule has 0 spiro atoms. The zero-order valence-electron chi connectivity index (χ0n) is 22.1. The van der Waals surface area contributed by atoms with Gasteiger partial charge >= 0.3 is 5.69 Å². The smallest absolute Gasteiger partial charge is 0.353 e. The number of benzene rings is 2. The van der Waals surface area contributed by atoms with Crippen molar-refractivity contribution in [2.45, 2.75) is 33.0 Å². The highest BCUT2D eigenvalue weighted by Gasteiger charge is 2.27. The molecule has 2 N–H and O–H groups in total. The molecule has 1 aliphatic heterocycles. The van der Waals surface area contributed by atoms with Crippen molar-refractivity contribution < 1.29 is 4.74 Å². The molecule has 5 aromatic rings. The van der Waals surface area contributed by atoms with Crippen LogP contribution in [0.25, 0.3) is 28.0 Å². The Kier molecular flexibility index (Phi) is 6.68. The molecule has 0 bridgehead atoms. The molecule has 6 rings (SSSR count). The predicted octanol–water partition coefficient (Wildman–Crippen LogP) is 3.72. The fourth-order valence-corrected chi connectivity index (χ4v) is 5.35. The molecule has 1 saturated heterocycles. The second kappa shape index (κ2) is 10.4. The molecular formula is C30H31N7O2. The van der Waals surface area contributed by atoms with Crippen molar-refractivity contribution in [1.29, 1.82) is 0 Å². The highest BCUT2D eigenvalue weighted by molar-refractivity contribution is 5.90. The van der Waals surface area contributed by atoms with Gasteiger partial charge in [0.05, 0.1) is 37.1 Å². The van der Waals surface area contributed by atoms with Gasteiger partial charge in [0.15, 0.2) is 5.65 Å². The summed E-state index contributed by atoms with van der Waals surface area (Å²) >= 11 is 0. The molecule has 4 heterocycles. The van der Waals surface area contributed by atoms with Crippen molar-refractivity contribution in [3.63, 3.8) is 0 Å². The van der Waals surface area contributed by atoms with E-state index in [2.05, 4.69) is 22.0 Å². The van der Waals surface area contributed by atoms with Gasteiger partial charge in [-0.1, -0.05) is 60.7 Å². The molecule has 0 amide bonds. The minimum Gasteiger partial charge on any atom is -0.378 e. The molecule has 2 aromatic carbocycles. The first-order valence-electron chi connectivity index (χ1n) is 13.1. The third kappa shape index (κ3) is 4.94. The third-order valence-electron chi connectivity index (χ3n) is 7.13. The van der Waals surface area contributed by atoms with Crippen LogP contribution in [0.4, 0.5) is 5.95 Å². The van der Waals surface area contributed by atoms with E-state index in [-0.39, 0.29) is 17.7 Å². The van der Waals surface area contributed by atoms with E-state index in [1.807, 2.05) is 74.5 Å². The molecule has 1 fully saturated rings. The van der Waals surface area contributed by atoms with Gasteiger partial charge in [0, 0.05) is 30.0 Å². The summed E-state index contributed by atoms with van der Waals surface area (Å²) in [4.78, 5) is 25.3. The Hall–Kier alpha value is -4.34. The number of hydrogen-bond donors (Lipinski definition) is 1. The number of aryl methyl sites for hydroxylation is 2. The molecule has 0 aliphatic carbocycles. The van der Waals surface area contributed by atoms with Crippen molar-refractivity contribution in [2.24, 2.45) is 0 Å². The van der Waals surface area contributed by atoms with Gasteiger partial charge in [-0.25, -0.2) is 18.9 Å². The van der Waals surface area contributed by atoms with Crippen LogP contribution >= 0.6 is 0 Å². The molecule has 1 unspecified atom stereocenters. The van der Waals surface area contributed by atoms with Crippen molar-refractivity contribution in [2.75, 3.05) is 25.5 Å². The monoisotopic (exact) mass is 521 g/mol. The fraction of sp³-hybridized carbons (Fsp3) is 0.267. The topological polar surface area (TPSA) is 104 Å². The van der Waals surface area contributed by atoms with Crippen LogP contribution in [0.1, 0.15) is 17.0 Å². The maximum absolute atomic E-state index is 13.7. The summed E-state index contributed by atoms with van der Waals surface area (Å²) in [6.45, 7) is 7.02. The van der Waals surface area contributed by atoms with Crippen LogP contribution in [0.15, 0.2) is 77.6 Å². The van der Waals surface area contributed by atoms with Crippen molar-refractivity contribution in [1.82, 2.24) is 29.0 Å². The van der Waals surface area contributed by atoms with Crippen LogP contribution in [0, 0.1) is 13.8 Å². The van der Waals surface area contributed by atoms with E-state index in [1.165, 1.54) is 14.6 Å². The first-order chi connectivity index (χ1) is 19.0. The standard InChI is InChI=1S/C30H31N7O2/c1-20-15-24(16-21(2)32-20)26-27(23-11-7-4-8-12-23)33-29(31)37-28(26)34-36(30(37)38)18-25-19-39-14-13-35(25)17-22-9-5-3-6-10-22/h3-12,15-16,25H,13-14,17-19H2,1-2H3,(H2,31,33). The summed E-state index contributed by atoms with van der Waals surface area (Å²) in [7, 11) is 0. The summed E-state index contributed by atoms with van der Waals surface area (Å²) in [6.07, 6.45) is 0. The van der Waals surface area contributed by atoms with Gasteiger partial charge in [0.25, 0.3) is 0 Å². The van der Waals surface area contributed by atoms with E-state index in [9.17, 15) is 4.79 Å². The largest absolute Gasteiger partial charge is 0.378 e. The maximum atomic E-state index is 13.7. The average molecular weight is 522 g/mol. The van der Waals surface area contributed by atoms with Crippen LogP contribution < -0.4 is 11.4 Å². The second-order valence-electron chi connectivity index (χ2n) is 10.0. The molecule has 9 nitrogen and oxygen atoms in total. The lowest BCUT2D eigenvalue weighted by Crippen LogP contribution is -2.48. The van der Waals surface area contributed by atoms with Crippen molar-refractivity contribution >= 4 is 11.6 Å². The van der Waals surface area contributed by atoms with E-state index in [0.29, 0.717) is 31.1 Å². The highest BCUT2D eigenvalue weighted by Crippen LogP contribution is 2.34. The predicted molar refractivity (Wildman–Crippen MR) is 151 cm³/mol. The fourth-order valence-electron chi connectivity index (χ4n) is 5.35. The number of ether oxygens (including phenoxy) is 1. The van der Waals surface area contributed by atoms with Crippen LogP contribution in [0.5, 0.6) is 0 Å². The number of morpholine rings is 1. The number of aromatic nitrogens is 5. The Labute approximate surface area is 226 Å². The molecule has 3 aromatic heterocycles. The summed E-state index contributed by atoms with van der Waals surface area (Å²) in [6, 6.07) is 24.1. The number of fused-ring (bicyclic) bond motifs is 1. The Balaban J connectivity index is 1.48. The van der Waals surface area contributed by atoms with E-state index >= 15 is 0 Å². The van der Waals surface area contributed by atoms with Gasteiger partial charge in [-0.05, 0) is 37.1 Å². The lowest BCUT2D eigenvalue weighted by molar-refractivity contribution is -0.0191. The van der Waals surface area contributed by atoms with Gasteiger partial charge in [0.2, 0.25) is 5.95 Å². The average Bonchev–Trinajstić information content (AvgIpc) is 3.26. The van der Waals surface area contributed by atoms with E-state index in [1.54, 1.807) is 0 Å². The zero-order valence-corrected chi connectivity index (χ0v) is 22.1. The first kappa shape index (κ1) is 25.0. The normalized spacial score (nSPS) is 16.1. The lowest BCUT2D eigenvalue weighted by atomic mass is 9.99. The Bertz CT molecular complexity index is 1660. The molecular weight excluding hydrogens is 490 g/mol. The molecule has 0 radical (unpaired) electrons. The molecule has 9 heteroatoms. The number of nitrogen functional groups attached to an aromatic ring is 1. The summed E-state index contributed by atoms with van der Waals surface area (Å²) in [5.41, 5.74) is 12.8. The second-order valence-corrected chi connectivity index (χ2v) is 10.0. The molecule has 1 aliphatic rings. The SMILES string of the molecule is Cc1cc(-c2c(-c3ccccc3)nc(N)n3c(=O)n(CC4COCCN4Cc4ccccc4)nc23)cc(C)n1. The molecule has 198 valence electrons. The number of rotatable bonds is 6.